The normalized spacial score (nSPS) is 26.8. The summed E-state index contributed by atoms with van der Waals surface area (Å²) in [5, 5.41) is 0. The van der Waals surface area contributed by atoms with Crippen LogP contribution in [0.3, 0.4) is 0 Å². The number of hydrogen-bond acceptors (Lipinski definition) is 4. The number of ether oxygens (including phenoxy) is 1. The molecule has 0 spiro atoms. The molecule has 6 heteroatoms. The maximum atomic E-state index is 12.4. The van der Waals surface area contributed by atoms with Gasteiger partial charge in [-0.1, -0.05) is 0 Å². The Morgan fingerprint density at radius 2 is 2.05 bits per heavy atom. The van der Waals surface area contributed by atoms with E-state index >= 15 is 0 Å². The van der Waals surface area contributed by atoms with Gasteiger partial charge in [-0.2, -0.15) is 0 Å². The first-order chi connectivity index (χ1) is 9.52. The first-order valence-electron chi connectivity index (χ1n) is 7.22. The predicted octanol–water partition coefficient (Wildman–Crippen LogP) is 0.266. The highest BCUT2D eigenvalue weighted by molar-refractivity contribution is 5.89. The van der Waals surface area contributed by atoms with Crippen molar-refractivity contribution >= 4 is 17.8 Å². The number of likely N-dealkylation sites (tertiary alicyclic amines) is 2. The second kappa shape index (κ2) is 6.24. The summed E-state index contributed by atoms with van der Waals surface area (Å²) in [5.41, 5.74) is 0. The third-order valence-electron chi connectivity index (χ3n) is 4.04. The summed E-state index contributed by atoms with van der Waals surface area (Å²) >= 11 is 0. The van der Waals surface area contributed by atoms with Crippen molar-refractivity contribution in [2.24, 2.45) is 11.8 Å². The summed E-state index contributed by atoms with van der Waals surface area (Å²) < 4.78 is 5.03. The molecule has 2 saturated heterocycles. The highest BCUT2D eigenvalue weighted by Crippen LogP contribution is 2.23. The molecule has 2 fully saturated rings. The molecule has 2 aliphatic heterocycles. The van der Waals surface area contributed by atoms with Gasteiger partial charge in [-0.3, -0.25) is 14.4 Å². The smallest absolute Gasteiger partial charge is 0.310 e. The van der Waals surface area contributed by atoms with E-state index in [1.54, 1.807) is 23.8 Å². The number of carbonyl (C=O) groups is 3. The van der Waals surface area contributed by atoms with Crippen LogP contribution in [0.2, 0.25) is 0 Å². The minimum atomic E-state index is -0.256. The van der Waals surface area contributed by atoms with Gasteiger partial charge >= 0.3 is 5.97 Å². The Hall–Kier alpha value is -1.59. The fourth-order valence-corrected chi connectivity index (χ4v) is 2.92. The molecule has 0 aromatic heterocycles. The van der Waals surface area contributed by atoms with E-state index in [0.29, 0.717) is 26.2 Å². The quantitative estimate of drug-likeness (QED) is 0.697. The zero-order chi connectivity index (χ0) is 14.7. The van der Waals surface area contributed by atoms with Gasteiger partial charge in [0.2, 0.25) is 11.8 Å². The molecule has 2 atom stereocenters. The van der Waals surface area contributed by atoms with Gasteiger partial charge in [0.25, 0.3) is 0 Å². The van der Waals surface area contributed by atoms with Crippen LogP contribution in [0.4, 0.5) is 0 Å². The van der Waals surface area contributed by atoms with Gasteiger partial charge in [0.05, 0.1) is 18.4 Å². The molecule has 0 bridgehead atoms. The fourth-order valence-electron chi connectivity index (χ4n) is 2.92. The lowest BCUT2D eigenvalue weighted by Crippen LogP contribution is -2.45. The van der Waals surface area contributed by atoms with E-state index in [1.807, 2.05) is 0 Å². The van der Waals surface area contributed by atoms with Gasteiger partial charge in [-0.25, -0.2) is 0 Å². The van der Waals surface area contributed by atoms with Gasteiger partial charge < -0.3 is 14.5 Å². The molecule has 20 heavy (non-hydrogen) atoms. The zero-order valence-electron chi connectivity index (χ0n) is 12.1. The molecule has 2 heterocycles. The Morgan fingerprint density at radius 1 is 1.30 bits per heavy atom. The van der Waals surface area contributed by atoms with Crippen LogP contribution in [-0.4, -0.2) is 60.9 Å². The van der Waals surface area contributed by atoms with Gasteiger partial charge in [-0.15, -0.1) is 0 Å². The Kier molecular flexibility index (Phi) is 4.62. The van der Waals surface area contributed by atoms with E-state index in [2.05, 4.69) is 0 Å². The second-order valence-electron chi connectivity index (χ2n) is 5.55. The lowest BCUT2D eigenvalue weighted by molar-refractivity contribution is -0.152. The molecule has 0 N–H and O–H groups in total. The van der Waals surface area contributed by atoms with Crippen LogP contribution < -0.4 is 0 Å². The Morgan fingerprint density at radius 3 is 2.65 bits per heavy atom. The average Bonchev–Trinajstić information content (AvgIpc) is 2.78. The van der Waals surface area contributed by atoms with Gasteiger partial charge in [0, 0.05) is 33.1 Å². The van der Waals surface area contributed by atoms with E-state index in [-0.39, 0.29) is 36.0 Å². The molecular weight excluding hydrogens is 260 g/mol. The van der Waals surface area contributed by atoms with Crippen LogP contribution in [0.5, 0.6) is 0 Å². The molecular formula is C14H22N2O4. The van der Waals surface area contributed by atoms with E-state index in [0.717, 1.165) is 12.8 Å². The summed E-state index contributed by atoms with van der Waals surface area (Å²) in [6.45, 7) is 3.72. The van der Waals surface area contributed by atoms with Crippen molar-refractivity contribution in [2.75, 3.05) is 33.3 Å². The lowest BCUT2D eigenvalue weighted by Gasteiger charge is -2.33. The molecule has 2 aliphatic rings. The standard InChI is InChI=1S/C14H22N2O4/c1-3-20-14(19)10-5-4-6-16(9-10)13(18)11-7-12(17)15(2)8-11/h10-11H,3-9H2,1-2H3. The Labute approximate surface area is 119 Å². The number of piperidine rings is 1. The Balaban J connectivity index is 1.93. The van der Waals surface area contributed by atoms with E-state index < -0.39 is 0 Å². The second-order valence-corrected chi connectivity index (χ2v) is 5.55. The summed E-state index contributed by atoms with van der Waals surface area (Å²) in [7, 11) is 1.72. The van der Waals surface area contributed by atoms with Crippen LogP contribution in [-0.2, 0) is 19.1 Å². The molecule has 2 rings (SSSR count). The first-order valence-corrected chi connectivity index (χ1v) is 7.22. The summed E-state index contributed by atoms with van der Waals surface area (Å²) in [6, 6.07) is 0. The molecule has 0 aromatic carbocycles. The fraction of sp³-hybridized carbons (Fsp3) is 0.786. The number of hydrogen-bond donors (Lipinski definition) is 0. The number of carbonyl (C=O) groups excluding carboxylic acids is 3. The summed E-state index contributed by atoms with van der Waals surface area (Å²) in [4.78, 5) is 39.0. The predicted molar refractivity (Wildman–Crippen MR) is 71.7 cm³/mol. The Bertz CT molecular complexity index is 410. The van der Waals surface area contributed by atoms with Crippen molar-refractivity contribution in [3.05, 3.63) is 0 Å². The number of nitrogens with zero attached hydrogens (tertiary/aromatic N) is 2. The molecule has 6 nitrogen and oxygen atoms in total. The SMILES string of the molecule is CCOC(=O)C1CCCN(C(=O)C2CC(=O)N(C)C2)C1. The van der Waals surface area contributed by atoms with Crippen molar-refractivity contribution in [1.29, 1.82) is 0 Å². The van der Waals surface area contributed by atoms with Crippen LogP contribution in [0.15, 0.2) is 0 Å². The largest absolute Gasteiger partial charge is 0.466 e. The maximum Gasteiger partial charge on any atom is 0.310 e. The molecule has 2 unspecified atom stereocenters. The van der Waals surface area contributed by atoms with Crippen LogP contribution in [0.25, 0.3) is 0 Å². The van der Waals surface area contributed by atoms with Gasteiger partial charge in [-0.05, 0) is 19.8 Å². The summed E-state index contributed by atoms with van der Waals surface area (Å²) in [5.74, 6) is -0.681. The van der Waals surface area contributed by atoms with Crippen molar-refractivity contribution < 1.29 is 19.1 Å². The third kappa shape index (κ3) is 3.11. The molecule has 2 amide bonds. The maximum absolute atomic E-state index is 12.4. The third-order valence-corrected chi connectivity index (χ3v) is 4.04. The van der Waals surface area contributed by atoms with E-state index in [9.17, 15) is 14.4 Å². The van der Waals surface area contributed by atoms with Crippen molar-refractivity contribution in [3.63, 3.8) is 0 Å². The number of rotatable bonds is 3. The first kappa shape index (κ1) is 14.8. The van der Waals surface area contributed by atoms with E-state index in [4.69, 9.17) is 4.74 Å². The van der Waals surface area contributed by atoms with Crippen molar-refractivity contribution in [3.8, 4) is 0 Å². The monoisotopic (exact) mass is 282 g/mol. The van der Waals surface area contributed by atoms with Crippen LogP contribution >= 0.6 is 0 Å². The van der Waals surface area contributed by atoms with Gasteiger partial charge in [0.1, 0.15) is 0 Å². The average molecular weight is 282 g/mol. The molecule has 112 valence electrons. The van der Waals surface area contributed by atoms with E-state index in [1.165, 1.54) is 0 Å². The minimum absolute atomic E-state index is 0.00306. The molecule has 0 aromatic rings. The molecule has 0 aliphatic carbocycles. The van der Waals surface area contributed by atoms with Crippen molar-refractivity contribution in [2.45, 2.75) is 26.2 Å². The molecule has 0 saturated carbocycles. The van der Waals surface area contributed by atoms with Crippen LogP contribution in [0.1, 0.15) is 26.2 Å². The number of amides is 2. The molecule has 0 radical (unpaired) electrons. The number of esters is 1. The van der Waals surface area contributed by atoms with Crippen molar-refractivity contribution in [1.82, 2.24) is 9.80 Å². The van der Waals surface area contributed by atoms with Crippen LogP contribution in [0, 0.1) is 11.8 Å². The highest BCUT2D eigenvalue weighted by atomic mass is 16.5. The topological polar surface area (TPSA) is 66.9 Å². The summed E-state index contributed by atoms with van der Waals surface area (Å²) in [6.07, 6.45) is 1.87. The highest BCUT2D eigenvalue weighted by Gasteiger charge is 2.37. The van der Waals surface area contributed by atoms with Gasteiger partial charge in [0.15, 0.2) is 0 Å². The zero-order valence-corrected chi connectivity index (χ0v) is 12.1. The lowest BCUT2D eigenvalue weighted by atomic mass is 9.96. The minimum Gasteiger partial charge on any atom is -0.466 e.